The highest BCUT2D eigenvalue weighted by atomic mass is 35.5. The quantitative estimate of drug-likeness (QED) is 0.332. The van der Waals surface area contributed by atoms with Gasteiger partial charge in [0, 0.05) is 12.7 Å². The number of amides is 2. The van der Waals surface area contributed by atoms with Crippen LogP contribution in [0.5, 0.6) is 0 Å². The lowest BCUT2D eigenvalue weighted by Gasteiger charge is -2.13. The molecule has 0 saturated heterocycles. The summed E-state index contributed by atoms with van der Waals surface area (Å²) in [6, 6.07) is -0.0420. The van der Waals surface area contributed by atoms with Crippen molar-refractivity contribution < 1.29 is 27.9 Å². The topological polar surface area (TPSA) is 142 Å². The van der Waals surface area contributed by atoms with Crippen LogP contribution < -0.4 is 16.0 Å². The number of aromatic nitrogens is 4. The molecule has 0 unspecified atom stereocenters. The lowest BCUT2D eigenvalue weighted by Crippen LogP contribution is -2.28. The van der Waals surface area contributed by atoms with Crippen LogP contribution in [0.4, 0.5) is 24.8 Å². The normalized spacial score (nSPS) is 12.2. The number of nitrogens with one attached hydrogen (secondary N) is 3. The SMILES string of the molecule is C[C@H](NC(=O)c1ncnc(NCCO)c1Cl)c1ncc(C(=O)Nc2cc(C(F)(F)F)c(Cl)cn2)s1. The van der Waals surface area contributed by atoms with Crippen LogP contribution in [0.1, 0.15) is 43.7 Å². The Morgan fingerprint density at radius 1 is 1.14 bits per heavy atom. The Balaban J connectivity index is 1.69. The summed E-state index contributed by atoms with van der Waals surface area (Å²) < 4.78 is 39.0. The Morgan fingerprint density at radius 2 is 1.89 bits per heavy atom. The van der Waals surface area contributed by atoms with Crippen molar-refractivity contribution in [1.29, 1.82) is 0 Å². The van der Waals surface area contributed by atoms with E-state index in [2.05, 4.69) is 35.9 Å². The Labute approximate surface area is 209 Å². The Kier molecular flexibility index (Phi) is 8.43. The van der Waals surface area contributed by atoms with Crippen molar-refractivity contribution >= 4 is 58.0 Å². The number of nitrogens with zero attached hydrogens (tertiary/aromatic N) is 4. The first-order valence-electron chi connectivity index (χ1n) is 9.67. The molecule has 0 aliphatic carbocycles. The zero-order valence-corrected chi connectivity index (χ0v) is 20.0. The average molecular weight is 550 g/mol. The molecule has 35 heavy (non-hydrogen) atoms. The van der Waals surface area contributed by atoms with Gasteiger partial charge in [0.05, 0.1) is 29.4 Å². The standard InChI is InChI=1S/C19H16Cl2F3N7O3S/c1-8(30-17(34)14-13(21)15(25-2-3-32)29-7-28-14)18-27-6-11(35-18)16(33)31-12-4-9(19(22,23)24)10(20)5-26-12/h4-8,32H,2-3H2,1H3,(H,30,34)(H,25,28,29)(H,26,31,33)/t8-/m0/s1. The van der Waals surface area contributed by atoms with Gasteiger partial charge in [0.15, 0.2) is 5.69 Å². The van der Waals surface area contributed by atoms with Crippen molar-refractivity contribution in [2.75, 3.05) is 23.8 Å². The molecule has 4 N–H and O–H groups in total. The zero-order valence-electron chi connectivity index (χ0n) is 17.7. The van der Waals surface area contributed by atoms with Crippen molar-refractivity contribution in [3.63, 3.8) is 0 Å². The molecule has 3 rings (SSSR count). The van der Waals surface area contributed by atoms with Gasteiger partial charge < -0.3 is 21.1 Å². The van der Waals surface area contributed by atoms with Crippen LogP contribution in [0.2, 0.25) is 10.0 Å². The van der Waals surface area contributed by atoms with E-state index in [1.165, 1.54) is 6.20 Å². The minimum atomic E-state index is -4.72. The largest absolute Gasteiger partial charge is 0.418 e. The van der Waals surface area contributed by atoms with E-state index in [1.807, 2.05) is 0 Å². The Bertz CT molecular complexity index is 1240. The Hall–Kier alpha value is -3.07. The predicted octanol–water partition coefficient (Wildman–Crippen LogP) is 3.80. The van der Waals surface area contributed by atoms with Gasteiger partial charge in [0.2, 0.25) is 0 Å². The van der Waals surface area contributed by atoms with Crippen LogP contribution in [-0.4, -0.2) is 50.0 Å². The van der Waals surface area contributed by atoms with Crippen molar-refractivity contribution in [2.45, 2.75) is 19.1 Å². The summed E-state index contributed by atoms with van der Waals surface area (Å²) in [6.07, 6.45) is -1.58. The van der Waals surface area contributed by atoms with Crippen LogP contribution in [0.3, 0.4) is 0 Å². The van der Waals surface area contributed by atoms with E-state index in [0.29, 0.717) is 11.1 Å². The first kappa shape index (κ1) is 26.5. The highest BCUT2D eigenvalue weighted by Crippen LogP contribution is 2.35. The van der Waals surface area contributed by atoms with Gasteiger partial charge in [-0.3, -0.25) is 9.59 Å². The molecular formula is C19H16Cl2F3N7O3S. The summed E-state index contributed by atoms with van der Waals surface area (Å²) in [5, 5.41) is 16.3. The number of aliphatic hydroxyl groups is 1. The summed E-state index contributed by atoms with van der Waals surface area (Å²) >= 11 is 12.6. The van der Waals surface area contributed by atoms with Crippen LogP contribution in [0.15, 0.2) is 24.8 Å². The monoisotopic (exact) mass is 549 g/mol. The fourth-order valence-electron chi connectivity index (χ4n) is 2.65. The smallest absolute Gasteiger partial charge is 0.395 e. The van der Waals surface area contributed by atoms with E-state index in [0.717, 1.165) is 23.9 Å². The van der Waals surface area contributed by atoms with Crippen LogP contribution >= 0.6 is 34.5 Å². The van der Waals surface area contributed by atoms with Gasteiger partial charge in [-0.2, -0.15) is 13.2 Å². The molecule has 16 heteroatoms. The third kappa shape index (κ3) is 6.54. The van der Waals surface area contributed by atoms with Gasteiger partial charge >= 0.3 is 6.18 Å². The molecule has 0 aliphatic heterocycles. The number of aliphatic hydroxyl groups excluding tert-OH is 1. The van der Waals surface area contributed by atoms with Crippen LogP contribution in [0.25, 0.3) is 0 Å². The molecule has 0 saturated carbocycles. The van der Waals surface area contributed by atoms with Gasteiger partial charge in [-0.1, -0.05) is 23.2 Å². The van der Waals surface area contributed by atoms with E-state index in [1.54, 1.807) is 6.92 Å². The molecule has 1 atom stereocenters. The molecule has 0 spiro atoms. The van der Waals surface area contributed by atoms with Gasteiger partial charge in [-0.25, -0.2) is 19.9 Å². The highest BCUT2D eigenvalue weighted by Gasteiger charge is 2.34. The molecule has 0 fully saturated rings. The minimum Gasteiger partial charge on any atom is -0.395 e. The third-order valence-electron chi connectivity index (χ3n) is 4.28. The number of hydrogen-bond donors (Lipinski definition) is 4. The highest BCUT2D eigenvalue weighted by molar-refractivity contribution is 7.13. The molecular weight excluding hydrogens is 534 g/mol. The molecule has 3 aromatic rings. The van der Waals surface area contributed by atoms with E-state index in [-0.39, 0.29) is 40.4 Å². The summed E-state index contributed by atoms with van der Waals surface area (Å²) in [6.45, 7) is 1.60. The number of halogens is 5. The van der Waals surface area contributed by atoms with Gasteiger partial charge in [-0.15, -0.1) is 11.3 Å². The average Bonchev–Trinajstić information content (AvgIpc) is 3.29. The first-order chi connectivity index (χ1) is 16.5. The maximum atomic E-state index is 13.0. The molecule has 0 bridgehead atoms. The first-order valence-corrected chi connectivity index (χ1v) is 11.2. The summed E-state index contributed by atoms with van der Waals surface area (Å²) in [7, 11) is 0. The van der Waals surface area contributed by atoms with E-state index in [9.17, 15) is 22.8 Å². The van der Waals surface area contributed by atoms with Gasteiger partial charge in [0.1, 0.15) is 32.9 Å². The van der Waals surface area contributed by atoms with Crippen molar-refractivity contribution in [3.05, 3.63) is 56.0 Å². The molecule has 3 aromatic heterocycles. The molecule has 2 amide bonds. The lowest BCUT2D eigenvalue weighted by atomic mass is 10.2. The number of thiazole rings is 1. The van der Waals surface area contributed by atoms with E-state index < -0.39 is 34.6 Å². The zero-order chi connectivity index (χ0) is 25.8. The number of hydrogen-bond acceptors (Lipinski definition) is 9. The van der Waals surface area contributed by atoms with E-state index >= 15 is 0 Å². The van der Waals surface area contributed by atoms with Gasteiger partial charge in [0.25, 0.3) is 11.8 Å². The third-order valence-corrected chi connectivity index (χ3v) is 6.11. The number of pyridine rings is 1. The number of carbonyl (C=O) groups is 2. The lowest BCUT2D eigenvalue weighted by molar-refractivity contribution is -0.137. The fourth-order valence-corrected chi connectivity index (χ4v) is 3.92. The molecule has 0 aromatic carbocycles. The summed E-state index contributed by atoms with van der Waals surface area (Å²) in [4.78, 5) is 40.7. The number of anilines is 2. The summed E-state index contributed by atoms with van der Waals surface area (Å²) in [5.74, 6) is -1.55. The molecule has 0 radical (unpaired) electrons. The number of carbonyl (C=O) groups excluding carboxylic acids is 2. The molecule has 3 heterocycles. The maximum Gasteiger partial charge on any atom is 0.418 e. The fraction of sp³-hybridized carbons (Fsp3) is 0.263. The second-order valence-electron chi connectivity index (χ2n) is 6.79. The Morgan fingerprint density at radius 3 is 2.57 bits per heavy atom. The van der Waals surface area contributed by atoms with E-state index in [4.69, 9.17) is 28.3 Å². The minimum absolute atomic E-state index is 0.0430. The summed E-state index contributed by atoms with van der Waals surface area (Å²) in [5.41, 5.74) is -1.25. The second kappa shape index (κ2) is 11.1. The van der Waals surface area contributed by atoms with Crippen molar-refractivity contribution in [1.82, 2.24) is 25.3 Å². The molecule has 186 valence electrons. The van der Waals surface area contributed by atoms with Crippen LogP contribution in [0, 0.1) is 0 Å². The van der Waals surface area contributed by atoms with Crippen molar-refractivity contribution in [2.24, 2.45) is 0 Å². The number of alkyl halides is 3. The molecule has 10 nitrogen and oxygen atoms in total. The van der Waals surface area contributed by atoms with Crippen LogP contribution in [-0.2, 0) is 6.18 Å². The van der Waals surface area contributed by atoms with Gasteiger partial charge in [-0.05, 0) is 13.0 Å². The van der Waals surface area contributed by atoms with Crippen molar-refractivity contribution in [3.8, 4) is 0 Å². The maximum absolute atomic E-state index is 13.0. The predicted molar refractivity (Wildman–Crippen MR) is 123 cm³/mol. The number of rotatable bonds is 8. The molecule has 0 aliphatic rings. The second-order valence-corrected chi connectivity index (χ2v) is 8.64.